The number of hydrogen-bond acceptors (Lipinski definition) is 6. The van der Waals surface area contributed by atoms with Crippen molar-refractivity contribution >= 4 is 5.69 Å². The minimum atomic E-state index is -0.374. The lowest BCUT2D eigenvalue weighted by Gasteiger charge is -2.19. The lowest BCUT2D eigenvalue weighted by Crippen LogP contribution is -2.22. The highest BCUT2D eigenvalue weighted by Crippen LogP contribution is 2.55. The Morgan fingerprint density at radius 1 is 0.964 bits per heavy atom. The van der Waals surface area contributed by atoms with Gasteiger partial charge in [-0.05, 0) is 54.0 Å². The van der Waals surface area contributed by atoms with Crippen molar-refractivity contribution in [3.05, 3.63) is 66.0 Å². The van der Waals surface area contributed by atoms with Gasteiger partial charge in [-0.25, -0.2) is 24.3 Å². The first-order chi connectivity index (χ1) is 13.7. The van der Waals surface area contributed by atoms with E-state index >= 15 is 0 Å². The number of aliphatic hydroxyl groups is 1. The van der Waals surface area contributed by atoms with E-state index in [0.29, 0.717) is 48.7 Å². The lowest BCUT2D eigenvalue weighted by atomic mass is 10.1. The standard InChI is InChI=1S/C21H20FN5O/c22-18-3-2-13(8-19(18)27-7-4-15(28)12-27)16-9-17(16)14-10-25-21(26-11-14)20-23-5-1-6-24-20/h1-3,5-6,8,10-11,15-17,28H,4,7,9,12H2/t15-,16+,17+/m1/s1. The van der Waals surface area contributed by atoms with Gasteiger partial charge >= 0.3 is 0 Å². The van der Waals surface area contributed by atoms with Crippen molar-refractivity contribution < 1.29 is 9.50 Å². The molecule has 2 fully saturated rings. The van der Waals surface area contributed by atoms with Crippen LogP contribution in [0.3, 0.4) is 0 Å². The molecule has 3 aromatic rings. The van der Waals surface area contributed by atoms with E-state index < -0.39 is 0 Å². The van der Waals surface area contributed by atoms with Gasteiger partial charge in [0.15, 0.2) is 11.6 Å². The van der Waals surface area contributed by atoms with E-state index in [9.17, 15) is 9.50 Å². The van der Waals surface area contributed by atoms with Crippen LogP contribution in [-0.4, -0.2) is 44.2 Å². The SMILES string of the molecule is O[C@@H]1CCN(c2cc([C@@H]3C[C@H]3c3cnc(-c4ncccn4)nc3)ccc2F)C1. The van der Waals surface area contributed by atoms with Crippen molar-refractivity contribution in [3.8, 4) is 11.6 Å². The molecule has 1 saturated carbocycles. The van der Waals surface area contributed by atoms with Gasteiger partial charge in [0.25, 0.3) is 0 Å². The van der Waals surface area contributed by atoms with Crippen molar-refractivity contribution in [1.29, 1.82) is 0 Å². The van der Waals surface area contributed by atoms with Crippen LogP contribution in [0.15, 0.2) is 49.1 Å². The maximum absolute atomic E-state index is 14.3. The van der Waals surface area contributed by atoms with Crippen molar-refractivity contribution in [2.24, 2.45) is 0 Å². The Bertz CT molecular complexity index is 982. The largest absolute Gasteiger partial charge is 0.391 e. The van der Waals surface area contributed by atoms with Crippen molar-refractivity contribution in [2.75, 3.05) is 18.0 Å². The molecule has 0 spiro atoms. The maximum atomic E-state index is 14.3. The van der Waals surface area contributed by atoms with Gasteiger partial charge in [0, 0.05) is 37.9 Å². The molecule has 1 N–H and O–H groups in total. The zero-order valence-electron chi connectivity index (χ0n) is 15.2. The van der Waals surface area contributed by atoms with Gasteiger partial charge in [-0.1, -0.05) is 6.07 Å². The van der Waals surface area contributed by atoms with Crippen LogP contribution in [0.25, 0.3) is 11.6 Å². The van der Waals surface area contributed by atoms with Gasteiger partial charge in [-0.15, -0.1) is 0 Å². The number of anilines is 1. The molecule has 3 heterocycles. The normalized spacial score (nSPS) is 23.8. The molecule has 1 aromatic carbocycles. The Morgan fingerprint density at radius 2 is 1.68 bits per heavy atom. The molecule has 6 nitrogen and oxygen atoms in total. The van der Waals surface area contributed by atoms with Crippen LogP contribution in [0.1, 0.15) is 35.8 Å². The smallest absolute Gasteiger partial charge is 0.197 e. The van der Waals surface area contributed by atoms with Gasteiger partial charge in [-0.3, -0.25) is 0 Å². The van der Waals surface area contributed by atoms with Gasteiger partial charge in [0.2, 0.25) is 0 Å². The summed E-state index contributed by atoms with van der Waals surface area (Å²) < 4.78 is 14.3. The Kier molecular flexibility index (Phi) is 4.24. The molecule has 142 valence electrons. The second-order valence-electron chi connectivity index (χ2n) is 7.46. The topological polar surface area (TPSA) is 75.0 Å². The summed E-state index contributed by atoms with van der Waals surface area (Å²) in [7, 11) is 0. The predicted octanol–water partition coefficient (Wildman–Crippen LogP) is 2.91. The fraction of sp³-hybridized carbons (Fsp3) is 0.333. The Labute approximate surface area is 162 Å². The molecule has 1 aliphatic carbocycles. The Morgan fingerprint density at radius 3 is 2.39 bits per heavy atom. The van der Waals surface area contributed by atoms with Gasteiger partial charge in [0.1, 0.15) is 5.82 Å². The first-order valence-electron chi connectivity index (χ1n) is 9.51. The van der Waals surface area contributed by atoms with Crippen LogP contribution in [0.4, 0.5) is 10.1 Å². The van der Waals surface area contributed by atoms with Gasteiger partial charge in [-0.2, -0.15) is 0 Å². The summed E-state index contributed by atoms with van der Waals surface area (Å²) in [5.41, 5.74) is 2.79. The molecule has 2 aliphatic rings. The summed E-state index contributed by atoms with van der Waals surface area (Å²) in [4.78, 5) is 19.1. The number of nitrogens with zero attached hydrogens (tertiary/aromatic N) is 5. The van der Waals surface area contributed by atoms with E-state index in [4.69, 9.17) is 0 Å². The summed E-state index contributed by atoms with van der Waals surface area (Å²) in [6, 6.07) is 7.09. The number of β-amino-alcohol motifs (C(OH)–C–C–N with tert-alkyl or cyclic N) is 1. The van der Waals surface area contributed by atoms with Crippen LogP contribution < -0.4 is 4.90 Å². The van der Waals surface area contributed by atoms with E-state index in [-0.39, 0.29) is 11.9 Å². The monoisotopic (exact) mass is 377 g/mol. The molecular weight excluding hydrogens is 357 g/mol. The highest BCUT2D eigenvalue weighted by atomic mass is 19.1. The minimum absolute atomic E-state index is 0.231. The van der Waals surface area contributed by atoms with E-state index in [1.54, 1.807) is 18.5 Å². The molecule has 5 rings (SSSR count). The summed E-state index contributed by atoms with van der Waals surface area (Å²) >= 11 is 0. The number of rotatable bonds is 4. The fourth-order valence-electron chi connectivity index (χ4n) is 3.95. The van der Waals surface area contributed by atoms with E-state index in [0.717, 1.165) is 17.5 Å². The van der Waals surface area contributed by atoms with Crippen molar-refractivity contribution in [1.82, 2.24) is 19.9 Å². The molecular formula is C21H20FN5O. The van der Waals surface area contributed by atoms with Gasteiger partial charge in [0.05, 0.1) is 11.8 Å². The summed E-state index contributed by atoms with van der Waals surface area (Å²) in [5, 5.41) is 9.75. The summed E-state index contributed by atoms with van der Waals surface area (Å²) in [6.07, 6.45) is 8.32. The van der Waals surface area contributed by atoms with E-state index in [2.05, 4.69) is 19.9 Å². The van der Waals surface area contributed by atoms with Gasteiger partial charge < -0.3 is 10.0 Å². The minimum Gasteiger partial charge on any atom is -0.391 e. The highest BCUT2D eigenvalue weighted by Gasteiger charge is 2.40. The van der Waals surface area contributed by atoms with Crippen LogP contribution in [0.2, 0.25) is 0 Å². The third-order valence-electron chi connectivity index (χ3n) is 5.56. The highest BCUT2D eigenvalue weighted by molar-refractivity contribution is 5.53. The molecule has 1 saturated heterocycles. The first-order valence-corrected chi connectivity index (χ1v) is 9.51. The van der Waals surface area contributed by atoms with Crippen LogP contribution >= 0.6 is 0 Å². The second kappa shape index (κ2) is 6.91. The molecule has 1 aliphatic heterocycles. The summed E-state index contributed by atoms with van der Waals surface area (Å²) in [6.45, 7) is 1.18. The molecule has 2 aromatic heterocycles. The van der Waals surface area contributed by atoms with Crippen LogP contribution in [0, 0.1) is 5.82 Å². The van der Waals surface area contributed by atoms with E-state index in [1.165, 1.54) is 6.07 Å². The van der Waals surface area contributed by atoms with E-state index in [1.807, 2.05) is 29.4 Å². The maximum Gasteiger partial charge on any atom is 0.197 e. The zero-order valence-corrected chi connectivity index (χ0v) is 15.2. The molecule has 0 amide bonds. The third-order valence-corrected chi connectivity index (χ3v) is 5.56. The number of hydrogen-bond donors (Lipinski definition) is 1. The molecule has 28 heavy (non-hydrogen) atoms. The van der Waals surface area contributed by atoms with Crippen LogP contribution in [0.5, 0.6) is 0 Å². The average Bonchev–Trinajstić information content (AvgIpc) is 3.42. The lowest BCUT2D eigenvalue weighted by molar-refractivity contribution is 0.198. The quantitative estimate of drug-likeness (QED) is 0.754. The number of aromatic nitrogens is 4. The number of aliphatic hydroxyl groups excluding tert-OH is 1. The molecule has 3 atom stereocenters. The average molecular weight is 377 g/mol. The number of halogens is 1. The molecule has 0 unspecified atom stereocenters. The molecule has 7 heteroatoms. The Balaban J connectivity index is 1.33. The Hall–Kier alpha value is -2.93. The predicted molar refractivity (Wildman–Crippen MR) is 102 cm³/mol. The van der Waals surface area contributed by atoms with Crippen LogP contribution in [-0.2, 0) is 0 Å². The zero-order chi connectivity index (χ0) is 19.1. The van der Waals surface area contributed by atoms with Crippen molar-refractivity contribution in [3.63, 3.8) is 0 Å². The first kappa shape index (κ1) is 17.2. The second-order valence-corrected chi connectivity index (χ2v) is 7.46. The fourth-order valence-corrected chi connectivity index (χ4v) is 3.95. The number of benzene rings is 1. The molecule has 0 radical (unpaired) electrons. The summed E-state index contributed by atoms with van der Waals surface area (Å²) in [5.74, 6) is 1.48. The molecule has 0 bridgehead atoms. The van der Waals surface area contributed by atoms with Crippen molar-refractivity contribution in [2.45, 2.75) is 30.8 Å². The third kappa shape index (κ3) is 3.22.